The van der Waals surface area contributed by atoms with E-state index in [1.165, 1.54) is 0 Å². The summed E-state index contributed by atoms with van der Waals surface area (Å²) in [6.45, 7) is 0. The van der Waals surface area contributed by atoms with Crippen molar-refractivity contribution in [3.8, 4) is 34.0 Å². The van der Waals surface area contributed by atoms with E-state index in [0.29, 0.717) is 17.1 Å². The Labute approximate surface area is 167 Å². The average molecular weight is 388 g/mol. The first-order valence-electron chi connectivity index (χ1n) is 9.04. The van der Waals surface area contributed by atoms with E-state index in [9.17, 15) is 4.79 Å². The van der Waals surface area contributed by atoms with Crippen molar-refractivity contribution in [3.05, 3.63) is 66.4 Å². The maximum atomic E-state index is 12.0. The van der Waals surface area contributed by atoms with Crippen LogP contribution in [-0.2, 0) is 0 Å². The van der Waals surface area contributed by atoms with Crippen molar-refractivity contribution in [2.45, 2.75) is 0 Å². The molecule has 2 aromatic heterocycles. The predicted octanol–water partition coefficient (Wildman–Crippen LogP) is 3.44. The van der Waals surface area contributed by atoms with E-state index in [-0.39, 0.29) is 5.91 Å². The lowest BCUT2D eigenvalue weighted by molar-refractivity contribution is 0.0963. The Kier molecular flexibility index (Phi) is 4.87. The Balaban J connectivity index is 1.81. The molecular weight excluding hydrogens is 368 g/mol. The molecule has 0 saturated heterocycles. The van der Waals surface area contributed by atoms with E-state index in [0.717, 1.165) is 28.2 Å². The molecule has 29 heavy (non-hydrogen) atoms. The van der Waals surface area contributed by atoms with Crippen LogP contribution in [0.1, 0.15) is 10.4 Å². The molecule has 0 bridgehead atoms. The fourth-order valence-corrected chi connectivity index (χ4v) is 3.18. The minimum absolute atomic E-state index is 0.137. The van der Waals surface area contributed by atoms with Crippen LogP contribution >= 0.6 is 0 Å². The maximum absolute atomic E-state index is 12.0. The zero-order chi connectivity index (χ0) is 20.4. The van der Waals surface area contributed by atoms with Crippen LogP contribution in [-0.4, -0.2) is 41.8 Å². The van der Waals surface area contributed by atoms with E-state index >= 15 is 0 Å². The minimum Gasteiger partial charge on any atom is -0.493 e. The number of ether oxygens (including phenoxy) is 2. The number of nitrogens with one attached hydrogen (secondary N) is 1. The molecule has 2 heterocycles. The molecule has 0 unspecified atom stereocenters. The highest BCUT2D eigenvalue weighted by atomic mass is 16.5. The second-order valence-corrected chi connectivity index (χ2v) is 6.36. The van der Waals surface area contributed by atoms with Crippen LogP contribution in [0.15, 0.2) is 60.8 Å². The third-order valence-electron chi connectivity index (χ3n) is 4.69. The quantitative estimate of drug-likeness (QED) is 0.567. The third-order valence-corrected chi connectivity index (χ3v) is 4.69. The van der Waals surface area contributed by atoms with Gasteiger partial charge in [0.15, 0.2) is 17.1 Å². The van der Waals surface area contributed by atoms with Gasteiger partial charge in [-0.25, -0.2) is 9.50 Å². The molecule has 0 aliphatic rings. The lowest BCUT2D eigenvalue weighted by Gasteiger charge is -2.10. The highest BCUT2D eigenvalue weighted by Crippen LogP contribution is 2.32. The van der Waals surface area contributed by atoms with Gasteiger partial charge in [-0.15, -0.1) is 0 Å². The van der Waals surface area contributed by atoms with Gasteiger partial charge in [0, 0.05) is 23.7 Å². The molecule has 4 rings (SSSR count). The minimum atomic E-state index is -0.137. The van der Waals surface area contributed by atoms with Crippen molar-refractivity contribution >= 4 is 11.6 Å². The number of rotatable bonds is 5. The Morgan fingerprint density at radius 1 is 0.966 bits per heavy atom. The first-order valence-corrected chi connectivity index (χ1v) is 9.04. The molecule has 146 valence electrons. The van der Waals surface area contributed by atoms with E-state index in [1.54, 1.807) is 38.0 Å². The number of fused-ring (bicyclic) bond motifs is 1. The van der Waals surface area contributed by atoms with E-state index < -0.39 is 0 Å². The fraction of sp³-hybridized carbons (Fsp3) is 0.136. The number of nitrogens with zero attached hydrogens (tertiary/aromatic N) is 3. The first-order chi connectivity index (χ1) is 14.1. The van der Waals surface area contributed by atoms with Gasteiger partial charge in [0.25, 0.3) is 5.91 Å². The Hall–Kier alpha value is -3.87. The van der Waals surface area contributed by atoms with Crippen molar-refractivity contribution in [1.82, 2.24) is 19.9 Å². The molecule has 0 aliphatic carbocycles. The molecule has 0 atom stereocenters. The molecule has 0 aliphatic heterocycles. The van der Waals surface area contributed by atoms with Crippen LogP contribution < -0.4 is 14.8 Å². The normalized spacial score (nSPS) is 10.7. The summed E-state index contributed by atoms with van der Waals surface area (Å²) in [5.41, 5.74) is 4.62. The van der Waals surface area contributed by atoms with Crippen LogP contribution in [0.5, 0.6) is 11.5 Å². The molecule has 0 radical (unpaired) electrons. The van der Waals surface area contributed by atoms with Crippen molar-refractivity contribution in [2.75, 3.05) is 21.3 Å². The predicted molar refractivity (Wildman–Crippen MR) is 110 cm³/mol. The van der Waals surface area contributed by atoms with Crippen LogP contribution in [0.25, 0.3) is 28.2 Å². The summed E-state index contributed by atoms with van der Waals surface area (Å²) in [5, 5.41) is 7.40. The fourth-order valence-electron chi connectivity index (χ4n) is 3.18. The van der Waals surface area contributed by atoms with Gasteiger partial charge < -0.3 is 14.8 Å². The number of methoxy groups -OCH3 is 2. The number of imidazole rings is 1. The zero-order valence-corrected chi connectivity index (χ0v) is 16.3. The maximum Gasteiger partial charge on any atom is 0.251 e. The van der Waals surface area contributed by atoms with Crippen LogP contribution in [0.2, 0.25) is 0 Å². The molecule has 7 heteroatoms. The van der Waals surface area contributed by atoms with E-state index in [1.807, 2.05) is 48.5 Å². The van der Waals surface area contributed by atoms with Gasteiger partial charge in [0.05, 0.1) is 31.8 Å². The lowest BCUT2D eigenvalue weighted by atomic mass is 10.1. The second-order valence-electron chi connectivity index (χ2n) is 6.36. The summed E-state index contributed by atoms with van der Waals surface area (Å²) in [5.74, 6) is 1.15. The SMILES string of the molecule is CNC(=O)c1cccc(-c2ccc3ncc(-c4ccc(OC)c(OC)c4)n3n2)c1. The third kappa shape index (κ3) is 3.38. The number of carbonyl (C=O) groups is 1. The lowest BCUT2D eigenvalue weighted by Crippen LogP contribution is -2.17. The first kappa shape index (κ1) is 18.5. The van der Waals surface area contributed by atoms with Gasteiger partial charge in [0.2, 0.25) is 0 Å². The van der Waals surface area contributed by atoms with Gasteiger partial charge >= 0.3 is 0 Å². The average Bonchev–Trinajstić information content (AvgIpc) is 3.21. The molecule has 1 N–H and O–H groups in total. The number of hydrogen-bond acceptors (Lipinski definition) is 5. The summed E-state index contributed by atoms with van der Waals surface area (Å²) < 4.78 is 12.5. The van der Waals surface area contributed by atoms with Crippen LogP contribution in [0.3, 0.4) is 0 Å². The van der Waals surface area contributed by atoms with Gasteiger partial charge in [-0.2, -0.15) is 5.10 Å². The smallest absolute Gasteiger partial charge is 0.251 e. The summed E-state index contributed by atoms with van der Waals surface area (Å²) in [6.07, 6.45) is 1.77. The Morgan fingerprint density at radius 3 is 2.55 bits per heavy atom. The molecule has 0 fully saturated rings. The number of benzene rings is 2. The highest BCUT2D eigenvalue weighted by molar-refractivity contribution is 5.95. The Morgan fingerprint density at radius 2 is 1.79 bits per heavy atom. The molecule has 4 aromatic rings. The van der Waals surface area contributed by atoms with E-state index in [4.69, 9.17) is 14.6 Å². The van der Waals surface area contributed by atoms with Crippen molar-refractivity contribution in [3.63, 3.8) is 0 Å². The van der Waals surface area contributed by atoms with Gasteiger partial charge in [-0.3, -0.25) is 4.79 Å². The number of hydrogen-bond donors (Lipinski definition) is 1. The zero-order valence-electron chi connectivity index (χ0n) is 16.3. The van der Waals surface area contributed by atoms with Crippen molar-refractivity contribution in [2.24, 2.45) is 0 Å². The molecule has 0 spiro atoms. The topological polar surface area (TPSA) is 77.8 Å². The number of aromatic nitrogens is 3. The summed E-state index contributed by atoms with van der Waals surface area (Å²) in [6, 6.07) is 16.8. The molecular formula is C22H20N4O3. The van der Waals surface area contributed by atoms with Crippen molar-refractivity contribution < 1.29 is 14.3 Å². The summed E-state index contributed by atoms with van der Waals surface area (Å²) in [7, 11) is 4.82. The van der Waals surface area contributed by atoms with Gasteiger partial charge in [-0.1, -0.05) is 12.1 Å². The second kappa shape index (κ2) is 7.63. The summed E-state index contributed by atoms with van der Waals surface area (Å²) in [4.78, 5) is 16.4. The Bertz CT molecular complexity index is 1200. The highest BCUT2D eigenvalue weighted by Gasteiger charge is 2.13. The largest absolute Gasteiger partial charge is 0.493 e. The molecule has 2 aromatic carbocycles. The molecule has 7 nitrogen and oxygen atoms in total. The van der Waals surface area contributed by atoms with Crippen LogP contribution in [0.4, 0.5) is 0 Å². The van der Waals surface area contributed by atoms with Gasteiger partial charge in [-0.05, 0) is 42.5 Å². The molecule has 1 amide bonds. The van der Waals surface area contributed by atoms with Gasteiger partial charge in [0.1, 0.15) is 0 Å². The monoisotopic (exact) mass is 388 g/mol. The van der Waals surface area contributed by atoms with Crippen LogP contribution in [0, 0.1) is 0 Å². The summed E-state index contributed by atoms with van der Waals surface area (Å²) >= 11 is 0. The van der Waals surface area contributed by atoms with Crippen molar-refractivity contribution in [1.29, 1.82) is 0 Å². The number of carbonyl (C=O) groups excluding carboxylic acids is 1. The van der Waals surface area contributed by atoms with E-state index in [2.05, 4.69) is 10.3 Å². The number of amides is 1. The molecule has 0 saturated carbocycles. The standard InChI is InChI=1S/C22H20N4O3/c1-23-22(27)16-6-4-5-14(11-16)17-8-10-21-24-13-18(26(21)25-17)15-7-9-19(28-2)20(12-15)29-3/h4-13H,1-3H3,(H,23,27).